The second kappa shape index (κ2) is 6.34. The fourth-order valence-corrected chi connectivity index (χ4v) is 3.99. The maximum absolute atomic E-state index is 13.0. The van der Waals surface area contributed by atoms with Crippen molar-refractivity contribution < 1.29 is 14.0 Å². The number of carbonyl (C=O) groups is 2. The van der Waals surface area contributed by atoms with E-state index in [2.05, 4.69) is 0 Å². The standard InChI is InChI=1S/C24H19NO3/c1-2-3-13-25-23(26)18-9-6-8-17-16(11-12-19(22(17)18)24(25)27)21-14-15-7-4-5-10-20(15)28-21/h4-12,14H,2-3,13H2,1H3. The normalized spacial score (nSPS) is 13.7. The average molecular weight is 369 g/mol. The van der Waals surface area contributed by atoms with Crippen molar-refractivity contribution in [2.24, 2.45) is 0 Å². The summed E-state index contributed by atoms with van der Waals surface area (Å²) in [7, 11) is 0. The molecule has 0 fully saturated rings. The van der Waals surface area contributed by atoms with Gasteiger partial charge in [0.25, 0.3) is 11.8 Å². The van der Waals surface area contributed by atoms with Crippen LogP contribution in [-0.2, 0) is 0 Å². The van der Waals surface area contributed by atoms with E-state index in [4.69, 9.17) is 4.42 Å². The van der Waals surface area contributed by atoms with E-state index in [1.54, 1.807) is 0 Å². The minimum atomic E-state index is -0.210. The summed E-state index contributed by atoms with van der Waals surface area (Å²) in [5.41, 5.74) is 2.87. The van der Waals surface area contributed by atoms with Gasteiger partial charge in [-0.3, -0.25) is 14.5 Å². The van der Waals surface area contributed by atoms with Crippen LogP contribution in [0.5, 0.6) is 0 Å². The molecule has 3 aromatic carbocycles. The molecule has 138 valence electrons. The lowest BCUT2D eigenvalue weighted by Crippen LogP contribution is -2.40. The van der Waals surface area contributed by atoms with Gasteiger partial charge in [-0.1, -0.05) is 43.7 Å². The molecule has 1 aromatic heterocycles. The molecule has 4 aromatic rings. The number of para-hydroxylation sites is 1. The van der Waals surface area contributed by atoms with Gasteiger partial charge in [0.15, 0.2) is 0 Å². The fourth-order valence-electron chi connectivity index (χ4n) is 3.99. The van der Waals surface area contributed by atoms with Gasteiger partial charge in [-0.05, 0) is 42.1 Å². The first-order chi connectivity index (χ1) is 13.7. The first-order valence-corrected chi connectivity index (χ1v) is 9.60. The molecular weight excluding hydrogens is 350 g/mol. The molecule has 4 nitrogen and oxygen atoms in total. The number of amides is 2. The number of carbonyl (C=O) groups excluding carboxylic acids is 2. The summed E-state index contributed by atoms with van der Waals surface area (Å²) in [4.78, 5) is 27.4. The van der Waals surface area contributed by atoms with Crippen molar-refractivity contribution in [3.8, 4) is 11.3 Å². The van der Waals surface area contributed by atoms with E-state index in [0.29, 0.717) is 17.7 Å². The number of unbranched alkanes of at least 4 members (excludes halogenated alkanes) is 1. The van der Waals surface area contributed by atoms with Gasteiger partial charge < -0.3 is 4.42 Å². The van der Waals surface area contributed by atoms with Crippen LogP contribution >= 0.6 is 0 Å². The number of hydrogen-bond donors (Lipinski definition) is 0. The Hall–Kier alpha value is -3.40. The van der Waals surface area contributed by atoms with Crippen molar-refractivity contribution >= 4 is 33.6 Å². The molecule has 28 heavy (non-hydrogen) atoms. The lowest BCUT2D eigenvalue weighted by molar-refractivity contribution is 0.0608. The first-order valence-electron chi connectivity index (χ1n) is 9.60. The van der Waals surface area contributed by atoms with E-state index in [9.17, 15) is 9.59 Å². The average Bonchev–Trinajstić information content (AvgIpc) is 3.15. The molecule has 1 aliphatic heterocycles. The van der Waals surface area contributed by atoms with Crippen molar-refractivity contribution in [1.29, 1.82) is 0 Å². The van der Waals surface area contributed by atoms with Crippen molar-refractivity contribution in [1.82, 2.24) is 4.90 Å². The minimum absolute atomic E-state index is 0.210. The molecule has 2 amide bonds. The van der Waals surface area contributed by atoms with Crippen LogP contribution in [0.2, 0.25) is 0 Å². The Balaban J connectivity index is 1.72. The molecule has 0 atom stereocenters. The molecule has 0 saturated carbocycles. The summed E-state index contributed by atoms with van der Waals surface area (Å²) in [6.45, 7) is 2.50. The molecule has 0 radical (unpaired) electrons. The number of hydrogen-bond acceptors (Lipinski definition) is 3. The second-order valence-corrected chi connectivity index (χ2v) is 7.15. The van der Waals surface area contributed by atoms with E-state index >= 15 is 0 Å². The van der Waals surface area contributed by atoms with Gasteiger partial charge in [-0.25, -0.2) is 0 Å². The monoisotopic (exact) mass is 369 g/mol. The van der Waals surface area contributed by atoms with Gasteiger partial charge in [-0.15, -0.1) is 0 Å². The molecule has 4 heteroatoms. The number of furan rings is 1. The minimum Gasteiger partial charge on any atom is -0.456 e. The van der Waals surface area contributed by atoms with Crippen LogP contribution in [0.1, 0.15) is 40.5 Å². The predicted octanol–water partition coefficient (Wildman–Crippen LogP) is 5.65. The van der Waals surface area contributed by atoms with Crippen LogP contribution in [0.4, 0.5) is 0 Å². The molecule has 5 rings (SSSR count). The molecule has 0 unspecified atom stereocenters. The maximum atomic E-state index is 13.0. The summed E-state index contributed by atoms with van der Waals surface area (Å²) in [6, 6.07) is 19.2. The third-order valence-corrected chi connectivity index (χ3v) is 5.42. The Morgan fingerprint density at radius 2 is 1.61 bits per heavy atom. The Kier molecular flexibility index (Phi) is 3.79. The first kappa shape index (κ1) is 16.8. The summed E-state index contributed by atoms with van der Waals surface area (Å²) in [5.74, 6) is 0.315. The van der Waals surface area contributed by atoms with Gasteiger partial charge >= 0.3 is 0 Å². The smallest absolute Gasteiger partial charge is 0.261 e. The van der Waals surface area contributed by atoms with Gasteiger partial charge in [-0.2, -0.15) is 0 Å². The molecule has 0 saturated heterocycles. The molecule has 0 spiro atoms. The van der Waals surface area contributed by atoms with Crippen LogP contribution in [0.25, 0.3) is 33.1 Å². The van der Waals surface area contributed by atoms with Gasteiger partial charge in [0.2, 0.25) is 0 Å². The zero-order chi connectivity index (χ0) is 19.3. The molecule has 0 bridgehead atoms. The quantitative estimate of drug-likeness (QED) is 0.437. The van der Waals surface area contributed by atoms with Crippen molar-refractivity contribution in [2.75, 3.05) is 6.54 Å². The van der Waals surface area contributed by atoms with Crippen molar-refractivity contribution in [2.45, 2.75) is 19.8 Å². The number of fused-ring (bicyclic) bond motifs is 1. The fraction of sp³-hybridized carbons (Fsp3) is 0.167. The Bertz CT molecular complexity index is 1200. The van der Waals surface area contributed by atoms with Crippen LogP contribution in [0.3, 0.4) is 0 Å². The van der Waals surface area contributed by atoms with Crippen LogP contribution in [0.15, 0.2) is 65.1 Å². The largest absolute Gasteiger partial charge is 0.456 e. The van der Waals surface area contributed by atoms with Gasteiger partial charge in [0, 0.05) is 34.0 Å². The maximum Gasteiger partial charge on any atom is 0.261 e. The highest BCUT2D eigenvalue weighted by Gasteiger charge is 2.33. The topological polar surface area (TPSA) is 50.5 Å². The summed E-state index contributed by atoms with van der Waals surface area (Å²) in [6.07, 6.45) is 1.74. The summed E-state index contributed by atoms with van der Waals surface area (Å²) >= 11 is 0. The van der Waals surface area contributed by atoms with E-state index in [1.165, 1.54) is 4.90 Å². The Morgan fingerprint density at radius 3 is 2.39 bits per heavy atom. The third kappa shape index (κ3) is 2.38. The third-order valence-electron chi connectivity index (χ3n) is 5.42. The number of rotatable bonds is 4. The highest BCUT2D eigenvalue weighted by atomic mass is 16.3. The van der Waals surface area contributed by atoms with Crippen LogP contribution in [-0.4, -0.2) is 23.3 Å². The van der Waals surface area contributed by atoms with Gasteiger partial charge in [0.1, 0.15) is 11.3 Å². The van der Waals surface area contributed by atoms with Gasteiger partial charge in [0.05, 0.1) is 0 Å². The molecular formula is C24H19NO3. The van der Waals surface area contributed by atoms with Crippen molar-refractivity contribution in [3.63, 3.8) is 0 Å². The molecule has 0 N–H and O–H groups in total. The zero-order valence-electron chi connectivity index (χ0n) is 15.6. The van der Waals surface area contributed by atoms with Crippen LogP contribution < -0.4 is 0 Å². The Labute approximate surface area is 162 Å². The second-order valence-electron chi connectivity index (χ2n) is 7.15. The number of nitrogens with zero attached hydrogens (tertiary/aromatic N) is 1. The number of imide groups is 1. The molecule has 0 aliphatic carbocycles. The lowest BCUT2D eigenvalue weighted by Gasteiger charge is -2.27. The van der Waals surface area contributed by atoms with E-state index in [1.807, 2.05) is 67.6 Å². The lowest BCUT2D eigenvalue weighted by atomic mass is 9.90. The van der Waals surface area contributed by atoms with Crippen molar-refractivity contribution in [3.05, 3.63) is 71.8 Å². The highest BCUT2D eigenvalue weighted by molar-refractivity contribution is 6.26. The Morgan fingerprint density at radius 1 is 0.857 bits per heavy atom. The SMILES string of the molecule is CCCCN1C(=O)c2cccc3c(-c4cc5ccccc5o4)ccc(c23)C1=O. The molecule has 2 heterocycles. The van der Waals surface area contributed by atoms with Crippen LogP contribution in [0, 0.1) is 0 Å². The van der Waals surface area contributed by atoms with E-state index < -0.39 is 0 Å². The highest BCUT2D eigenvalue weighted by Crippen LogP contribution is 2.38. The predicted molar refractivity (Wildman–Crippen MR) is 109 cm³/mol. The van der Waals surface area contributed by atoms with E-state index in [0.717, 1.165) is 45.9 Å². The molecule has 1 aliphatic rings. The van der Waals surface area contributed by atoms with E-state index in [-0.39, 0.29) is 11.8 Å². The number of benzene rings is 3. The summed E-state index contributed by atoms with van der Waals surface area (Å²) < 4.78 is 6.04. The summed E-state index contributed by atoms with van der Waals surface area (Å²) in [5, 5.41) is 2.62. The zero-order valence-corrected chi connectivity index (χ0v) is 15.6.